The van der Waals surface area contributed by atoms with Crippen molar-refractivity contribution < 1.29 is 24.5 Å². The molecule has 0 heterocycles. The van der Waals surface area contributed by atoms with Crippen molar-refractivity contribution in [3.05, 3.63) is 65.2 Å². The number of rotatable bonds is 6. The lowest BCUT2D eigenvalue weighted by Crippen LogP contribution is -2.10. The average molecular weight is 326 g/mol. The lowest BCUT2D eigenvalue weighted by atomic mass is 9.90. The zero-order valence-corrected chi connectivity index (χ0v) is 13.5. The summed E-state index contributed by atoms with van der Waals surface area (Å²) in [5.74, 6) is -1.96. The smallest absolute Gasteiger partial charge is 0.336 e. The number of benzene rings is 2. The van der Waals surface area contributed by atoms with E-state index < -0.39 is 11.9 Å². The van der Waals surface area contributed by atoms with Gasteiger partial charge in [0.2, 0.25) is 0 Å². The molecule has 124 valence electrons. The Kier molecular flexibility index (Phi) is 5.04. The molecule has 2 aromatic rings. The van der Waals surface area contributed by atoms with Gasteiger partial charge in [-0.25, -0.2) is 9.59 Å². The van der Waals surface area contributed by atoms with Gasteiger partial charge in [0.15, 0.2) is 0 Å². The Morgan fingerprint density at radius 1 is 1.08 bits per heavy atom. The summed E-state index contributed by atoms with van der Waals surface area (Å²) in [5.41, 5.74) is 1.73. The molecule has 24 heavy (non-hydrogen) atoms. The van der Waals surface area contributed by atoms with Crippen LogP contribution in [0.5, 0.6) is 5.75 Å². The lowest BCUT2D eigenvalue weighted by molar-refractivity contribution is 0.0695. The van der Waals surface area contributed by atoms with E-state index in [0.29, 0.717) is 16.9 Å². The van der Waals surface area contributed by atoms with Crippen LogP contribution >= 0.6 is 0 Å². The molecule has 0 atom stereocenters. The van der Waals surface area contributed by atoms with Crippen molar-refractivity contribution in [1.82, 2.24) is 0 Å². The number of carbonyl (C=O) groups is 2. The van der Waals surface area contributed by atoms with Gasteiger partial charge in [0.25, 0.3) is 0 Å². The lowest BCUT2D eigenvalue weighted by Gasteiger charge is -2.16. The number of aromatic carboxylic acids is 2. The van der Waals surface area contributed by atoms with E-state index in [2.05, 4.69) is 6.58 Å². The minimum absolute atomic E-state index is 0.0405. The Bertz CT molecular complexity index is 821. The molecule has 0 aromatic heterocycles. The minimum Gasteiger partial charge on any atom is -0.489 e. The molecule has 0 radical (unpaired) electrons. The van der Waals surface area contributed by atoms with Gasteiger partial charge in [0.05, 0.1) is 11.1 Å². The number of para-hydroxylation sites is 1. The number of aryl methyl sites for hydroxylation is 1. The highest BCUT2D eigenvalue weighted by molar-refractivity contribution is 6.06. The van der Waals surface area contributed by atoms with Crippen LogP contribution in [0, 0.1) is 6.92 Å². The number of carboxylic acid groups (broad SMARTS) is 2. The molecule has 0 saturated heterocycles. The zero-order valence-electron chi connectivity index (χ0n) is 13.5. The first-order chi connectivity index (χ1) is 11.3. The normalized spacial score (nSPS) is 10.2. The van der Waals surface area contributed by atoms with E-state index in [1.807, 2.05) is 0 Å². The van der Waals surface area contributed by atoms with Crippen LogP contribution in [0.25, 0.3) is 11.1 Å². The van der Waals surface area contributed by atoms with Crippen molar-refractivity contribution in [1.29, 1.82) is 0 Å². The van der Waals surface area contributed by atoms with Gasteiger partial charge in [-0.1, -0.05) is 30.8 Å². The summed E-state index contributed by atoms with van der Waals surface area (Å²) in [6.07, 6.45) is 0. The molecular weight excluding hydrogens is 308 g/mol. The zero-order chi connectivity index (χ0) is 17.9. The number of ether oxygens (including phenoxy) is 1. The molecule has 0 saturated carbocycles. The molecule has 0 aliphatic rings. The second kappa shape index (κ2) is 7.00. The average Bonchev–Trinajstić information content (AvgIpc) is 2.52. The molecule has 2 rings (SSSR count). The van der Waals surface area contributed by atoms with Crippen LogP contribution < -0.4 is 4.74 Å². The fourth-order valence-electron chi connectivity index (χ4n) is 2.44. The molecular formula is C19H18O5. The molecule has 5 nitrogen and oxygen atoms in total. The summed E-state index contributed by atoms with van der Waals surface area (Å²) < 4.78 is 5.68. The first-order valence-corrected chi connectivity index (χ1v) is 7.29. The number of hydrogen-bond acceptors (Lipinski definition) is 3. The van der Waals surface area contributed by atoms with Crippen LogP contribution in [0.1, 0.15) is 33.2 Å². The van der Waals surface area contributed by atoms with Crippen LogP contribution in [-0.4, -0.2) is 28.8 Å². The minimum atomic E-state index is -1.19. The van der Waals surface area contributed by atoms with Gasteiger partial charge in [0.1, 0.15) is 12.4 Å². The Morgan fingerprint density at radius 3 is 2.33 bits per heavy atom. The van der Waals surface area contributed by atoms with Gasteiger partial charge in [0, 0.05) is 11.1 Å². The maximum atomic E-state index is 11.7. The van der Waals surface area contributed by atoms with Gasteiger partial charge in [-0.2, -0.15) is 0 Å². The summed E-state index contributed by atoms with van der Waals surface area (Å²) in [5, 5.41) is 19.1. The maximum absolute atomic E-state index is 11.7. The molecule has 0 bridgehead atoms. The largest absolute Gasteiger partial charge is 0.489 e. The van der Waals surface area contributed by atoms with Crippen molar-refractivity contribution in [2.45, 2.75) is 13.8 Å². The molecule has 0 aliphatic heterocycles. The van der Waals surface area contributed by atoms with Gasteiger partial charge in [-0.15, -0.1) is 0 Å². The van der Waals surface area contributed by atoms with E-state index >= 15 is 0 Å². The van der Waals surface area contributed by atoms with Gasteiger partial charge in [-0.05, 0) is 37.1 Å². The van der Waals surface area contributed by atoms with E-state index in [0.717, 1.165) is 5.57 Å². The molecule has 0 spiro atoms. The second-order valence-corrected chi connectivity index (χ2v) is 5.53. The molecule has 2 N–H and O–H groups in total. The first-order valence-electron chi connectivity index (χ1n) is 7.29. The number of hydrogen-bond donors (Lipinski definition) is 2. The van der Waals surface area contributed by atoms with Crippen LogP contribution in [-0.2, 0) is 0 Å². The highest BCUT2D eigenvalue weighted by Crippen LogP contribution is 2.36. The number of carboxylic acids is 2. The Balaban J connectivity index is 2.76. The summed E-state index contributed by atoms with van der Waals surface area (Å²) >= 11 is 0. The van der Waals surface area contributed by atoms with E-state index in [9.17, 15) is 19.8 Å². The Labute approximate surface area is 139 Å². The highest BCUT2D eigenvalue weighted by atomic mass is 16.5. The topological polar surface area (TPSA) is 83.8 Å². The maximum Gasteiger partial charge on any atom is 0.336 e. The third-order valence-corrected chi connectivity index (χ3v) is 3.49. The van der Waals surface area contributed by atoms with Crippen LogP contribution in [0.2, 0.25) is 0 Å². The Hall–Kier alpha value is -3.08. The molecule has 5 heteroatoms. The molecule has 2 aromatic carbocycles. The third-order valence-electron chi connectivity index (χ3n) is 3.49. The van der Waals surface area contributed by atoms with E-state index in [-0.39, 0.29) is 23.3 Å². The first kappa shape index (κ1) is 17.3. The highest BCUT2D eigenvalue weighted by Gasteiger charge is 2.24. The van der Waals surface area contributed by atoms with Gasteiger partial charge < -0.3 is 14.9 Å². The monoisotopic (exact) mass is 326 g/mol. The van der Waals surface area contributed by atoms with Gasteiger partial charge in [-0.3, -0.25) is 0 Å². The van der Waals surface area contributed by atoms with Crippen LogP contribution in [0.4, 0.5) is 0 Å². The predicted octanol–water partition coefficient (Wildman–Crippen LogP) is 4.01. The van der Waals surface area contributed by atoms with Crippen molar-refractivity contribution >= 4 is 11.9 Å². The predicted molar refractivity (Wildman–Crippen MR) is 90.8 cm³/mol. The summed E-state index contributed by atoms with van der Waals surface area (Å²) in [6, 6.07) is 9.69. The Morgan fingerprint density at radius 2 is 1.75 bits per heavy atom. The summed E-state index contributed by atoms with van der Waals surface area (Å²) in [6.45, 7) is 7.46. The molecule has 0 fully saturated rings. The second-order valence-electron chi connectivity index (χ2n) is 5.53. The van der Waals surface area contributed by atoms with E-state index in [1.54, 1.807) is 38.1 Å². The van der Waals surface area contributed by atoms with Gasteiger partial charge >= 0.3 is 11.9 Å². The van der Waals surface area contributed by atoms with E-state index in [1.165, 1.54) is 12.1 Å². The van der Waals surface area contributed by atoms with Crippen molar-refractivity contribution in [3.8, 4) is 16.9 Å². The molecule has 0 aliphatic carbocycles. The third kappa shape index (κ3) is 3.46. The quantitative estimate of drug-likeness (QED) is 0.784. The molecule has 0 unspecified atom stereocenters. The van der Waals surface area contributed by atoms with E-state index in [4.69, 9.17) is 4.74 Å². The standard InChI is InChI=1S/C19H18O5/c1-11(2)10-24-15-7-5-4-6-13(15)17-14(18(20)21)9-8-12(3)16(17)19(22)23/h4-9H,1,10H2,2-3H3,(H,20,21)(H,22,23). The fraction of sp³-hybridized carbons (Fsp3) is 0.158. The summed E-state index contributed by atoms with van der Waals surface area (Å²) in [4.78, 5) is 23.3. The SMILES string of the molecule is C=C(C)COc1ccccc1-c1c(C(=O)O)ccc(C)c1C(=O)O. The summed E-state index contributed by atoms with van der Waals surface area (Å²) in [7, 11) is 0. The van der Waals surface area contributed by atoms with Crippen LogP contribution in [0.3, 0.4) is 0 Å². The van der Waals surface area contributed by atoms with Crippen molar-refractivity contribution in [2.75, 3.05) is 6.61 Å². The fourth-order valence-corrected chi connectivity index (χ4v) is 2.44. The molecule has 0 amide bonds. The van der Waals surface area contributed by atoms with Crippen molar-refractivity contribution in [3.63, 3.8) is 0 Å². The van der Waals surface area contributed by atoms with Crippen LogP contribution in [0.15, 0.2) is 48.6 Å². The van der Waals surface area contributed by atoms with Crippen molar-refractivity contribution in [2.24, 2.45) is 0 Å².